The molecule has 0 amide bonds. The molecule has 0 spiro atoms. The number of hydrogen-bond acceptors (Lipinski definition) is 2. The lowest BCUT2D eigenvalue weighted by molar-refractivity contribution is 0.318. The van der Waals surface area contributed by atoms with Crippen LogP contribution in [0.2, 0.25) is 0 Å². The molecule has 0 aliphatic heterocycles. The molecule has 106 valence electrons. The van der Waals surface area contributed by atoms with E-state index >= 15 is 0 Å². The van der Waals surface area contributed by atoms with E-state index in [2.05, 4.69) is 26.9 Å². The van der Waals surface area contributed by atoms with E-state index in [1.54, 1.807) is 0 Å². The molecule has 0 saturated carbocycles. The zero-order valence-corrected chi connectivity index (χ0v) is 13.0. The summed E-state index contributed by atoms with van der Waals surface area (Å²) in [6, 6.07) is 13.3. The van der Waals surface area contributed by atoms with Gasteiger partial charge in [0.15, 0.2) is 0 Å². The van der Waals surface area contributed by atoms with Gasteiger partial charge in [0.1, 0.15) is 5.82 Å². The summed E-state index contributed by atoms with van der Waals surface area (Å²) in [6.45, 7) is 1.82. The molecule has 0 aliphatic carbocycles. The third-order valence-corrected chi connectivity index (χ3v) is 3.95. The highest BCUT2D eigenvalue weighted by Gasteiger charge is 2.07. The molecule has 2 N–H and O–H groups in total. The summed E-state index contributed by atoms with van der Waals surface area (Å²) >= 11 is 3.55. The maximum Gasteiger partial charge on any atom is 0.127 e. The molecule has 4 heteroatoms. The van der Waals surface area contributed by atoms with E-state index in [0.29, 0.717) is 5.56 Å². The number of nitrogens with two attached hydrogens (primary N) is 1. The van der Waals surface area contributed by atoms with E-state index in [4.69, 9.17) is 5.73 Å². The molecular formula is C16H18BrFN2. The second kappa shape index (κ2) is 6.97. The molecular weight excluding hydrogens is 319 g/mol. The Morgan fingerprint density at radius 3 is 2.55 bits per heavy atom. The zero-order valence-electron chi connectivity index (χ0n) is 11.4. The molecule has 2 rings (SSSR count). The quantitative estimate of drug-likeness (QED) is 0.902. The van der Waals surface area contributed by atoms with Gasteiger partial charge in [-0.1, -0.05) is 46.3 Å². The van der Waals surface area contributed by atoms with Crippen LogP contribution in [0.5, 0.6) is 0 Å². The molecule has 20 heavy (non-hydrogen) atoms. The van der Waals surface area contributed by atoms with Crippen molar-refractivity contribution in [1.82, 2.24) is 4.90 Å². The lowest BCUT2D eigenvalue weighted by Gasteiger charge is -2.18. The fraction of sp³-hybridized carbons (Fsp3) is 0.250. The van der Waals surface area contributed by atoms with Gasteiger partial charge in [-0.3, -0.25) is 4.90 Å². The zero-order chi connectivity index (χ0) is 14.5. The molecule has 0 aromatic heterocycles. The lowest BCUT2D eigenvalue weighted by Crippen LogP contribution is -2.18. The minimum atomic E-state index is -0.232. The fourth-order valence-corrected chi connectivity index (χ4v) is 2.58. The Bertz CT molecular complexity index is 586. The van der Waals surface area contributed by atoms with Crippen molar-refractivity contribution in [1.29, 1.82) is 0 Å². The van der Waals surface area contributed by atoms with Crippen LogP contribution in [0.3, 0.4) is 0 Å². The third-order valence-electron chi connectivity index (χ3n) is 3.18. The fourth-order valence-electron chi connectivity index (χ4n) is 2.17. The predicted molar refractivity (Wildman–Crippen MR) is 83.6 cm³/mol. The monoisotopic (exact) mass is 336 g/mol. The van der Waals surface area contributed by atoms with Crippen molar-refractivity contribution in [2.75, 3.05) is 7.05 Å². The van der Waals surface area contributed by atoms with Crippen LogP contribution in [-0.2, 0) is 19.6 Å². The van der Waals surface area contributed by atoms with Crippen molar-refractivity contribution in [2.24, 2.45) is 5.73 Å². The molecule has 0 saturated heterocycles. The smallest absolute Gasteiger partial charge is 0.127 e. The molecule has 2 aromatic rings. The van der Waals surface area contributed by atoms with Crippen LogP contribution >= 0.6 is 15.9 Å². The summed E-state index contributed by atoms with van der Waals surface area (Å²) in [4.78, 5) is 2.19. The van der Waals surface area contributed by atoms with E-state index in [1.807, 2.05) is 37.4 Å². The maximum absolute atomic E-state index is 13.4. The van der Waals surface area contributed by atoms with E-state index in [9.17, 15) is 4.39 Å². The molecule has 0 radical (unpaired) electrons. The highest BCUT2D eigenvalue weighted by atomic mass is 79.9. The van der Waals surface area contributed by atoms with Crippen molar-refractivity contribution in [3.05, 3.63) is 69.4 Å². The molecule has 0 aliphatic rings. The molecule has 0 unspecified atom stereocenters. The van der Waals surface area contributed by atoms with Crippen molar-refractivity contribution >= 4 is 15.9 Å². The van der Waals surface area contributed by atoms with Gasteiger partial charge in [-0.25, -0.2) is 4.39 Å². The van der Waals surface area contributed by atoms with Crippen molar-refractivity contribution in [3.63, 3.8) is 0 Å². The molecule has 2 aromatic carbocycles. The molecule has 0 heterocycles. The summed E-state index contributed by atoms with van der Waals surface area (Å²) in [7, 11) is 2.05. The van der Waals surface area contributed by atoms with E-state index in [1.165, 1.54) is 11.6 Å². The van der Waals surface area contributed by atoms with Crippen LogP contribution in [0, 0.1) is 5.82 Å². The maximum atomic E-state index is 13.4. The first kappa shape index (κ1) is 15.2. The van der Waals surface area contributed by atoms with Crippen LogP contribution in [-0.4, -0.2) is 11.9 Å². The van der Waals surface area contributed by atoms with Gasteiger partial charge in [-0.2, -0.15) is 0 Å². The van der Waals surface area contributed by atoms with E-state index in [0.717, 1.165) is 23.1 Å². The molecule has 0 atom stereocenters. The highest BCUT2D eigenvalue weighted by molar-refractivity contribution is 9.10. The average Bonchev–Trinajstić information content (AvgIpc) is 2.43. The van der Waals surface area contributed by atoms with Gasteiger partial charge in [0, 0.05) is 29.7 Å². The average molecular weight is 337 g/mol. The van der Waals surface area contributed by atoms with Crippen molar-refractivity contribution in [3.8, 4) is 0 Å². The Balaban J connectivity index is 2.05. The largest absolute Gasteiger partial charge is 0.326 e. The Morgan fingerprint density at radius 1 is 1.10 bits per heavy atom. The summed E-state index contributed by atoms with van der Waals surface area (Å²) in [5, 5.41) is 0. The Morgan fingerprint density at radius 2 is 1.85 bits per heavy atom. The first-order valence-corrected chi connectivity index (χ1v) is 7.28. The normalized spacial score (nSPS) is 11.1. The summed E-state index contributed by atoms with van der Waals surface area (Å²) in [5.74, 6) is -0.232. The Kier molecular flexibility index (Phi) is 5.29. The lowest BCUT2D eigenvalue weighted by atomic mass is 10.1. The molecule has 0 bridgehead atoms. The van der Waals surface area contributed by atoms with Crippen LogP contribution in [0.1, 0.15) is 16.7 Å². The number of rotatable bonds is 5. The highest BCUT2D eigenvalue weighted by Crippen LogP contribution is 2.18. The van der Waals surface area contributed by atoms with Crippen LogP contribution < -0.4 is 5.73 Å². The number of hydrogen-bond donors (Lipinski definition) is 1. The first-order valence-electron chi connectivity index (χ1n) is 6.49. The third kappa shape index (κ3) is 3.88. The van der Waals surface area contributed by atoms with E-state index < -0.39 is 0 Å². The Labute approximate surface area is 127 Å². The molecule has 2 nitrogen and oxygen atoms in total. The topological polar surface area (TPSA) is 29.3 Å². The van der Waals surface area contributed by atoms with Crippen molar-refractivity contribution < 1.29 is 4.39 Å². The summed E-state index contributed by atoms with van der Waals surface area (Å²) in [6.07, 6.45) is 0. The second-order valence-corrected chi connectivity index (χ2v) is 5.75. The summed E-state index contributed by atoms with van der Waals surface area (Å²) in [5.41, 5.74) is 8.40. The summed E-state index contributed by atoms with van der Waals surface area (Å²) < 4.78 is 14.5. The minimum absolute atomic E-state index is 0.230. The van der Waals surface area contributed by atoms with E-state index in [-0.39, 0.29) is 12.4 Å². The van der Waals surface area contributed by atoms with Crippen LogP contribution in [0.4, 0.5) is 4.39 Å². The van der Waals surface area contributed by atoms with Gasteiger partial charge in [0.05, 0.1) is 0 Å². The minimum Gasteiger partial charge on any atom is -0.326 e. The van der Waals surface area contributed by atoms with Crippen molar-refractivity contribution in [2.45, 2.75) is 19.6 Å². The number of nitrogens with zero attached hydrogens (tertiary/aromatic N) is 1. The van der Waals surface area contributed by atoms with Crippen LogP contribution in [0.15, 0.2) is 46.9 Å². The van der Waals surface area contributed by atoms with Gasteiger partial charge < -0.3 is 5.73 Å². The van der Waals surface area contributed by atoms with Gasteiger partial charge >= 0.3 is 0 Å². The number of benzene rings is 2. The standard InChI is InChI=1S/C16H18BrFN2/c1-20(11-13-4-2-3-5-15(13)17)10-12-6-7-16(18)14(8-12)9-19/h2-8H,9-11,19H2,1H3. The van der Waals surface area contributed by atoms with Gasteiger partial charge in [-0.15, -0.1) is 0 Å². The van der Waals surface area contributed by atoms with Gasteiger partial charge in [0.2, 0.25) is 0 Å². The Hall–Kier alpha value is -1.23. The van der Waals surface area contributed by atoms with Gasteiger partial charge in [-0.05, 0) is 30.3 Å². The number of halogens is 2. The van der Waals surface area contributed by atoms with Crippen LogP contribution in [0.25, 0.3) is 0 Å². The predicted octanol–water partition coefficient (Wildman–Crippen LogP) is 3.68. The second-order valence-electron chi connectivity index (χ2n) is 4.89. The molecule has 0 fully saturated rings. The van der Waals surface area contributed by atoms with Gasteiger partial charge in [0.25, 0.3) is 0 Å². The SMILES string of the molecule is CN(Cc1ccc(F)c(CN)c1)Cc1ccccc1Br. The first-order chi connectivity index (χ1) is 9.60.